The van der Waals surface area contributed by atoms with Crippen molar-refractivity contribution in [2.45, 2.75) is 13.3 Å². The Hall–Kier alpha value is -0.860. The molecular weight excluding hydrogens is 108 g/mol. The number of hydrogen-bond donors (Lipinski definition) is 0. The molecule has 0 aromatic rings. The van der Waals surface area contributed by atoms with Crippen LogP contribution in [0.2, 0.25) is 0 Å². The van der Waals surface area contributed by atoms with Gasteiger partial charge >= 0.3 is 0 Å². The highest BCUT2D eigenvalue weighted by molar-refractivity contribution is 5.48. The zero-order chi connectivity index (χ0) is 6.83. The first-order valence-electron chi connectivity index (χ1n) is 2.23. The summed E-state index contributed by atoms with van der Waals surface area (Å²) < 4.78 is 3.86. The van der Waals surface area contributed by atoms with E-state index in [1.807, 2.05) is 6.92 Å². The van der Waals surface area contributed by atoms with Crippen molar-refractivity contribution in [2.24, 2.45) is 0 Å². The lowest BCUT2D eigenvalue weighted by atomic mass is 10.6. The van der Waals surface area contributed by atoms with Gasteiger partial charge in [0.1, 0.15) is 6.29 Å². The molecule has 0 atom stereocenters. The van der Waals surface area contributed by atoms with Crippen molar-refractivity contribution in [1.29, 1.82) is 0 Å². The molecule has 0 heterocycles. The predicted molar refractivity (Wildman–Crippen MR) is 29.4 cm³/mol. The molecule has 3 heteroatoms. The summed E-state index contributed by atoms with van der Waals surface area (Å²) in [5.74, 6) is 0. The molecule has 0 aromatic heterocycles. The zero-order valence-electron chi connectivity index (χ0n) is 5.09. The van der Waals surface area contributed by atoms with Crippen LogP contribution < -0.4 is 0 Å². The molecule has 0 aliphatic heterocycles. The second-order valence-corrected chi connectivity index (χ2v) is 0.907. The van der Waals surface area contributed by atoms with Gasteiger partial charge in [-0.15, -0.1) is 0 Å². The molecule has 0 bridgehead atoms. The van der Waals surface area contributed by atoms with E-state index >= 15 is 0 Å². The van der Waals surface area contributed by atoms with Gasteiger partial charge in [-0.2, -0.15) is 0 Å². The zero-order valence-corrected chi connectivity index (χ0v) is 5.09. The molecular formula is C5H10O3. The van der Waals surface area contributed by atoms with E-state index in [1.165, 1.54) is 7.11 Å². The second-order valence-electron chi connectivity index (χ2n) is 0.907. The number of rotatable bonds is 2. The van der Waals surface area contributed by atoms with E-state index in [0.717, 1.165) is 6.29 Å². The van der Waals surface area contributed by atoms with Crippen LogP contribution in [0.1, 0.15) is 13.3 Å². The summed E-state index contributed by atoms with van der Waals surface area (Å²) in [4.78, 5) is 18.1. The summed E-state index contributed by atoms with van der Waals surface area (Å²) in [6.45, 7) is 2.19. The average Bonchev–Trinajstić information content (AvgIpc) is 1.88. The number of aldehydes is 1. The van der Waals surface area contributed by atoms with Crippen molar-refractivity contribution in [3.63, 3.8) is 0 Å². The quantitative estimate of drug-likeness (QED) is 0.492. The Bertz CT molecular complexity index is 43.6. The lowest BCUT2D eigenvalue weighted by molar-refractivity contribution is -0.126. The normalized spacial score (nSPS) is 5.75. The molecule has 0 radical (unpaired) electrons. The van der Waals surface area contributed by atoms with Crippen LogP contribution in [0.4, 0.5) is 0 Å². The van der Waals surface area contributed by atoms with Gasteiger partial charge in [0.2, 0.25) is 0 Å². The standard InChI is InChI=1S/C3H6O.C2H4O2/c1-2-3-4;1-4-2-3/h3H,2H2,1H3;2H,1H3. The fourth-order valence-electron chi connectivity index (χ4n) is 0. The van der Waals surface area contributed by atoms with Crippen molar-refractivity contribution in [2.75, 3.05) is 7.11 Å². The molecule has 0 unspecified atom stereocenters. The van der Waals surface area contributed by atoms with Gasteiger partial charge in [-0.25, -0.2) is 0 Å². The monoisotopic (exact) mass is 118 g/mol. The Balaban J connectivity index is 0. The maximum atomic E-state index is 9.17. The lowest BCUT2D eigenvalue weighted by Crippen LogP contribution is -1.68. The van der Waals surface area contributed by atoms with Crippen LogP contribution >= 0.6 is 0 Å². The van der Waals surface area contributed by atoms with Crippen LogP contribution in [0.5, 0.6) is 0 Å². The molecule has 0 aromatic carbocycles. The van der Waals surface area contributed by atoms with Gasteiger partial charge in [0.05, 0.1) is 7.11 Å². The number of hydrogen-bond acceptors (Lipinski definition) is 3. The van der Waals surface area contributed by atoms with Crippen molar-refractivity contribution >= 4 is 12.8 Å². The van der Waals surface area contributed by atoms with E-state index < -0.39 is 0 Å². The van der Waals surface area contributed by atoms with Crippen molar-refractivity contribution < 1.29 is 14.3 Å². The molecule has 3 nitrogen and oxygen atoms in total. The molecule has 0 N–H and O–H groups in total. The Morgan fingerprint density at radius 2 is 1.75 bits per heavy atom. The second kappa shape index (κ2) is 16.5. The van der Waals surface area contributed by atoms with Gasteiger partial charge < -0.3 is 9.53 Å². The Kier molecular flexibility index (Phi) is 21.0. The van der Waals surface area contributed by atoms with Crippen LogP contribution in [0.25, 0.3) is 0 Å². The van der Waals surface area contributed by atoms with E-state index in [-0.39, 0.29) is 0 Å². The molecule has 0 aliphatic carbocycles. The van der Waals surface area contributed by atoms with Gasteiger partial charge in [0.15, 0.2) is 0 Å². The summed E-state index contributed by atoms with van der Waals surface area (Å²) in [7, 11) is 1.31. The first-order chi connectivity index (χ1) is 3.83. The summed E-state index contributed by atoms with van der Waals surface area (Å²) >= 11 is 0. The Labute approximate surface area is 48.6 Å². The van der Waals surface area contributed by atoms with E-state index in [4.69, 9.17) is 4.79 Å². The van der Waals surface area contributed by atoms with Crippen LogP contribution in [0.3, 0.4) is 0 Å². The van der Waals surface area contributed by atoms with Crippen molar-refractivity contribution in [3.05, 3.63) is 0 Å². The fourth-order valence-corrected chi connectivity index (χ4v) is 0. The Morgan fingerprint density at radius 3 is 1.75 bits per heavy atom. The lowest BCUT2D eigenvalue weighted by Gasteiger charge is -1.67. The molecule has 0 rings (SSSR count). The van der Waals surface area contributed by atoms with E-state index in [1.54, 1.807) is 0 Å². The van der Waals surface area contributed by atoms with Crippen LogP contribution in [-0.2, 0) is 14.3 Å². The molecule has 0 amide bonds. The van der Waals surface area contributed by atoms with Crippen LogP contribution in [0.15, 0.2) is 0 Å². The minimum atomic E-state index is 0.375. The van der Waals surface area contributed by atoms with E-state index in [0.29, 0.717) is 12.9 Å². The number of methoxy groups -OCH3 is 1. The third-order valence-corrected chi connectivity index (χ3v) is 0.263. The molecule has 0 saturated heterocycles. The van der Waals surface area contributed by atoms with Gasteiger partial charge in [0, 0.05) is 6.42 Å². The highest BCUT2D eigenvalue weighted by atomic mass is 16.5. The largest absolute Gasteiger partial charge is 0.471 e. The van der Waals surface area contributed by atoms with Crippen LogP contribution in [-0.4, -0.2) is 19.9 Å². The third kappa shape index (κ3) is 67.8. The number of carbonyl (C=O) groups excluding carboxylic acids is 2. The summed E-state index contributed by atoms with van der Waals surface area (Å²) in [5, 5.41) is 0. The van der Waals surface area contributed by atoms with Crippen LogP contribution in [0, 0.1) is 0 Å². The smallest absolute Gasteiger partial charge is 0.292 e. The number of ether oxygens (including phenoxy) is 1. The third-order valence-electron chi connectivity index (χ3n) is 0.263. The Morgan fingerprint density at radius 1 is 1.50 bits per heavy atom. The first-order valence-corrected chi connectivity index (χ1v) is 2.23. The van der Waals surface area contributed by atoms with Crippen molar-refractivity contribution in [1.82, 2.24) is 0 Å². The molecule has 48 valence electrons. The highest BCUT2D eigenvalue weighted by Crippen LogP contribution is 1.53. The topological polar surface area (TPSA) is 43.4 Å². The molecule has 0 fully saturated rings. The number of carbonyl (C=O) groups is 2. The minimum absolute atomic E-state index is 0.375. The highest BCUT2D eigenvalue weighted by Gasteiger charge is 1.52. The van der Waals surface area contributed by atoms with E-state index in [2.05, 4.69) is 4.74 Å². The summed E-state index contributed by atoms with van der Waals surface area (Å²) in [6.07, 6.45) is 1.51. The van der Waals surface area contributed by atoms with Crippen molar-refractivity contribution in [3.8, 4) is 0 Å². The van der Waals surface area contributed by atoms with Gasteiger partial charge in [-0.05, 0) is 0 Å². The summed E-state index contributed by atoms with van der Waals surface area (Å²) in [6, 6.07) is 0. The van der Waals surface area contributed by atoms with E-state index in [9.17, 15) is 4.79 Å². The molecule has 0 saturated carbocycles. The van der Waals surface area contributed by atoms with Gasteiger partial charge in [0.25, 0.3) is 6.47 Å². The average molecular weight is 118 g/mol. The molecule has 8 heavy (non-hydrogen) atoms. The van der Waals surface area contributed by atoms with Gasteiger partial charge in [-0.3, -0.25) is 4.79 Å². The summed E-state index contributed by atoms with van der Waals surface area (Å²) in [5.41, 5.74) is 0. The first kappa shape index (κ1) is 10.2. The maximum absolute atomic E-state index is 9.17. The maximum Gasteiger partial charge on any atom is 0.292 e. The molecule has 0 spiro atoms. The minimum Gasteiger partial charge on any atom is -0.471 e. The SMILES string of the molecule is CCC=O.COC=O. The predicted octanol–water partition coefficient (Wildman–Crippen LogP) is 0.385. The molecule has 0 aliphatic rings. The van der Waals surface area contributed by atoms with Gasteiger partial charge in [-0.1, -0.05) is 6.92 Å². The fraction of sp³-hybridized carbons (Fsp3) is 0.600.